The summed E-state index contributed by atoms with van der Waals surface area (Å²) >= 11 is 6.25. The van der Waals surface area contributed by atoms with Gasteiger partial charge in [0.05, 0.1) is 0 Å². The Morgan fingerprint density at radius 1 is 1.40 bits per heavy atom. The highest BCUT2D eigenvalue weighted by Crippen LogP contribution is 2.42. The van der Waals surface area contributed by atoms with E-state index >= 15 is 0 Å². The Bertz CT molecular complexity index is 417. The first kappa shape index (κ1) is 9.49. The maximum atomic E-state index is 6.25. The van der Waals surface area contributed by atoms with Crippen LogP contribution in [0.2, 0.25) is 5.02 Å². The summed E-state index contributed by atoms with van der Waals surface area (Å²) in [5.41, 5.74) is 9.57. The van der Waals surface area contributed by atoms with Crippen molar-refractivity contribution in [3.05, 3.63) is 27.8 Å². The molecular weight excluding hydrogens is 210 g/mol. The fourth-order valence-corrected chi connectivity index (χ4v) is 2.91. The number of halogens is 1. The van der Waals surface area contributed by atoms with Gasteiger partial charge in [0.2, 0.25) is 0 Å². The molecule has 15 heavy (non-hydrogen) atoms. The zero-order valence-corrected chi connectivity index (χ0v) is 9.31. The van der Waals surface area contributed by atoms with E-state index in [1.165, 1.54) is 23.1 Å². The van der Waals surface area contributed by atoms with E-state index in [4.69, 9.17) is 22.1 Å². The van der Waals surface area contributed by atoms with Crippen molar-refractivity contribution < 1.29 is 4.74 Å². The van der Waals surface area contributed by atoms with E-state index < -0.39 is 0 Å². The fourth-order valence-electron chi connectivity index (χ4n) is 2.62. The molecule has 3 rings (SSSR count). The molecule has 0 spiro atoms. The summed E-state index contributed by atoms with van der Waals surface area (Å²) in [6.07, 6.45) is 4.49. The highest BCUT2D eigenvalue weighted by atomic mass is 35.5. The van der Waals surface area contributed by atoms with Gasteiger partial charge >= 0.3 is 0 Å². The Morgan fingerprint density at radius 3 is 3.07 bits per heavy atom. The van der Waals surface area contributed by atoms with Gasteiger partial charge in [-0.1, -0.05) is 11.6 Å². The first-order valence-electron chi connectivity index (χ1n) is 5.49. The first-order chi connectivity index (χ1) is 7.29. The third-order valence-corrected chi connectivity index (χ3v) is 3.71. The average Bonchev–Trinajstić information content (AvgIpc) is 2.81. The molecule has 0 aromatic heterocycles. The molecule has 0 saturated heterocycles. The number of fused-ring (bicyclic) bond motifs is 3. The standard InChI is InChI=1S/C12H14ClNO/c13-11-4-7-2-1-3-9(7)12-10(11)5-8(6-14)15-12/h4,8H,1-3,5-6,14H2. The highest BCUT2D eigenvalue weighted by molar-refractivity contribution is 6.31. The smallest absolute Gasteiger partial charge is 0.128 e. The molecule has 3 heteroatoms. The van der Waals surface area contributed by atoms with Crippen molar-refractivity contribution in [1.29, 1.82) is 0 Å². The van der Waals surface area contributed by atoms with Crippen LogP contribution in [-0.2, 0) is 19.3 Å². The van der Waals surface area contributed by atoms with Crippen LogP contribution in [0.3, 0.4) is 0 Å². The van der Waals surface area contributed by atoms with Gasteiger partial charge in [-0.3, -0.25) is 0 Å². The van der Waals surface area contributed by atoms with Gasteiger partial charge in [-0.05, 0) is 36.5 Å². The topological polar surface area (TPSA) is 35.2 Å². The molecule has 2 nitrogen and oxygen atoms in total. The molecule has 1 aromatic carbocycles. The van der Waals surface area contributed by atoms with Crippen LogP contribution in [0.5, 0.6) is 5.75 Å². The molecule has 80 valence electrons. The summed E-state index contributed by atoms with van der Waals surface area (Å²) in [6, 6.07) is 2.12. The second kappa shape index (κ2) is 3.39. The molecule has 0 radical (unpaired) electrons. The SMILES string of the molecule is NCC1Cc2c(Cl)cc3c(c2O1)CCC3. The highest BCUT2D eigenvalue weighted by Gasteiger charge is 2.29. The van der Waals surface area contributed by atoms with E-state index in [9.17, 15) is 0 Å². The molecule has 0 amide bonds. The predicted octanol–water partition coefficient (Wildman–Crippen LogP) is 2.09. The Morgan fingerprint density at radius 2 is 2.27 bits per heavy atom. The number of ether oxygens (including phenoxy) is 1. The Kier molecular flexibility index (Phi) is 2.15. The maximum absolute atomic E-state index is 6.25. The van der Waals surface area contributed by atoms with Crippen LogP contribution in [0.15, 0.2) is 6.07 Å². The van der Waals surface area contributed by atoms with Gasteiger partial charge in [-0.25, -0.2) is 0 Å². The summed E-state index contributed by atoms with van der Waals surface area (Å²) in [5.74, 6) is 1.05. The minimum absolute atomic E-state index is 0.129. The summed E-state index contributed by atoms with van der Waals surface area (Å²) < 4.78 is 5.87. The zero-order valence-electron chi connectivity index (χ0n) is 8.55. The third kappa shape index (κ3) is 1.35. The predicted molar refractivity (Wildman–Crippen MR) is 60.7 cm³/mol. The van der Waals surface area contributed by atoms with E-state index in [2.05, 4.69) is 6.07 Å². The van der Waals surface area contributed by atoms with Gasteiger partial charge in [-0.15, -0.1) is 0 Å². The summed E-state index contributed by atoms with van der Waals surface area (Å²) in [6.45, 7) is 0.569. The van der Waals surface area contributed by atoms with Crippen LogP contribution >= 0.6 is 11.6 Å². The number of hydrogen-bond donors (Lipinski definition) is 1. The molecule has 0 bridgehead atoms. The summed E-state index contributed by atoms with van der Waals surface area (Å²) in [7, 11) is 0. The lowest BCUT2D eigenvalue weighted by Crippen LogP contribution is -2.24. The molecule has 1 aromatic rings. The molecule has 1 aliphatic heterocycles. The number of hydrogen-bond acceptors (Lipinski definition) is 2. The van der Waals surface area contributed by atoms with E-state index in [1.54, 1.807) is 0 Å². The summed E-state index contributed by atoms with van der Waals surface area (Å²) in [4.78, 5) is 0. The molecule has 1 unspecified atom stereocenters. The van der Waals surface area contributed by atoms with Crippen molar-refractivity contribution in [2.45, 2.75) is 31.8 Å². The van der Waals surface area contributed by atoms with Gasteiger partial charge in [0, 0.05) is 23.6 Å². The molecule has 0 fully saturated rings. The van der Waals surface area contributed by atoms with E-state index in [1.807, 2.05) is 0 Å². The largest absolute Gasteiger partial charge is 0.488 e. The lowest BCUT2D eigenvalue weighted by molar-refractivity contribution is 0.239. The van der Waals surface area contributed by atoms with Crippen molar-refractivity contribution in [3.63, 3.8) is 0 Å². The second-order valence-corrected chi connectivity index (χ2v) is 4.74. The molecule has 2 N–H and O–H groups in total. The Balaban J connectivity index is 2.12. The van der Waals surface area contributed by atoms with Crippen LogP contribution in [-0.4, -0.2) is 12.6 Å². The van der Waals surface area contributed by atoms with E-state index in [0.29, 0.717) is 6.54 Å². The Hall–Kier alpha value is -0.730. The van der Waals surface area contributed by atoms with Crippen LogP contribution in [0.4, 0.5) is 0 Å². The van der Waals surface area contributed by atoms with Gasteiger partial charge in [-0.2, -0.15) is 0 Å². The van der Waals surface area contributed by atoms with Crippen LogP contribution in [0.1, 0.15) is 23.1 Å². The van der Waals surface area contributed by atoms with Gasteiger partial charge in [0.15, 0.2) is 0 Å². The molecule has 0 saturated carbocycles. The number of benzene rings is 1. The minimum atomic E-state index is 0.129. The van der Waals surface area contributed by atoms with Crippen molar-refractivity contribution in [1.82, 2.24) is 0 Å². The number of aryl methyl sites for hydroxylation is 1. The second-order valence-electron chi connectivity index (χ2n) is 4.34. The monoisotopic (exact) mass is 223 g/mol. The van der Waals surface area contributed by atoms with Gasteiger partial charge in [0.1, 0.15) is 11.9 Å². The van der Waals surface area contributed by atoms with E-state index in [0.717, 1.165) is 30.0 Å². The molecule has 1 aliphatic carbocycles. The minimum Gasteiger partial charge on any atom is -0.488 e. The normalized spacial score (nSPS) is 22.4. The van der Waals surface area contributed by atoms with Crippen LogP contribution in [0, 0.1) is 0 Å². The van der Waals surface area contributed by atoms with Crippen molar-refractivity contribution >= 4 is 11.6 Å². The number of nitrogens with two attached hydrogens (primary N) is 1. The average molecular weight is 224 g/mol. The Labute approximate surface area is 94.4 Å². The summed E-state index contributed by atoms with van der Waals surface area (Å²) in [5, 5.41) is 0.863. The van der Waals surface area contributed by atoms with Gasteiger partial charge < -0.3 is 10.5 Å². The van der Waals surface area contributed by atoms with Gasteiger partial charge in [0.25, 0.3) is 0 Å². The van der Waals surface area contributed by atoms with Crippen LogP contribution in [0.25, 0.3) is 0 Å². The molecule has 2 aliphatic rings. The lowest BCUT2D eigenvalue weighted by atomic mass is 10.0. The number of rotatable bonds is 1. The molecular formula is C12H14ClNO. The van der Waals surface area contributed by atoms with Crippen molar-refractivity contribution in [2.24, 2.45) is 5.73 Å². The first-order valence-corrected chi connectivity index (χ1v) is 5.87. The lowest BCUT2D eigenvalue weighted by Gasteiger charge is -2.10. The molecule has 1 atom stereocenters. The van der Waals surface area contributed by atoms with E-state index in [-0.39, 0.29) is 6.10 Å². The van der Waals surface area contributed by atoms with Crippen LogP contribution < -0.4 is 10.5 Å². The molecule has 1 heterocycles. The zero-order chi connectivity index (χ0) is 10.4. The fraction of sp³-hybridized carbons (Fsp3) is 0.500. The quantitative estimate of drug-likeness (QED) is 0.792. The third-order valence-electron chi connectivity index (χ3n) is 3.38. The maximum Gasteiger partial charge on any atom is 0.128 e. The van der Waals surface area contributed by atoms with Crippen molar-refractivity contribution in [3.8, 4) is 5.75 Å². The van der Waals surface area contributed by atoms with Crippen molar-refractivity contribution in [2.75, 3.05) is 6.54 Å².